The zero-order valence-electron chi connectivity index (χ0n) is 18.6. The second-order valence-corrected chi connectivity index (χ2v) is 7.85. The monoisotopic (exact) mass is 456 g/mol. The Morgan fingerprint density at radius 1 is 1.03 bits per heavy atom. The first-order valence-electron chi connectivity index (χ1n) is 10.7. The van der Waals surface area contributed by atoms with E-state index in [1.807, 2.05) is 54.6 Å². The predicted molar refractivity (Wildman–Crippen MR) is 124 cm³/mol. The Morgan fingerprint density at radius 3 is 2.47 bits per heavy atom. The summed E-state index contributed by atoms with van der Waals surface area (Å²) in [6.45, 7) is 2.06. The number of carbonyl (C=O) groups excluding carboxylic acids is 1. The molecule has 2 aromatic heterocycles. The molecular formula is C26H21FN4O3. The smallest absolute Gasteiger partial charge is 0.325 e. The second kappa shape index (κ2) is 8.82. The zero-order chi connectivity index (χ0) is 23.7. The SMILES string of the molecule is Cc1c(C(=O)N(C)Cc2ccc(F)cc2)oc2nc(-c3ccccc3Oc3ccccc3)nn12. The molecule has 8 heteroatoms. The number of amides is 1. The topological polar surface area (TPSA) is 72.9 Å². The molecule has 0 unspecified atom stereocenters. The molecule has 0 saturated carbocycles. The maximum Gasteiger partial charge on any atom is 0.325 e. The minimum absolute atomic E-state index is 0.153. The van der Waals surface area contributed by atoms with Gasteiger partial charge in [0, 0.05) is 13.6 Å². The third-order valence-corrected chi connectivity index (χ3v) is 5.39. The molecule has 0 spiro atoms. The fourth-order valence-electron chi connectivity index (χ4n) is 3.62. The lowest BCUT2D eigenvalue weighted by atomic mass is 10.2. The summed E-state index contributed by atoms with van der Waals surface area (Å²) in [4.78, 5) is 19.0. The van der Waals surface area contributed by atoms with Crippen LogP contribution in [-0.2, 0) is 6.54 Å². The van der Waals surface area contributed by atoms with Gasteiger partial charge in [0.2, 0.25) is 5.76 Å². The van der Waals surface area contributed by atoms with Crippen LogP contribution in [-0.4, -0.2) is 32.5 Å². The molecule has 1 amide bonds. The highest BCUT2D eigenvalue weighted by molar-refractivity contribution is 5.92. The number of rotatable bonds is 6. The van der Waals surface area contributed by atoms with Gasteiger partial charge in [0.1, 0.15) is 17.3 Å². The van der Waals surface area contributed by atoms with Gasteiger partial charge < -0.3 is 14.1 Å². The molecule has 2 heterocycles. The van der Waals surface area contributed by atoms with Crippen LogP contribution in [0.1, 0.15) is 21.8 Å². The summed E-state index contributed by atoms with van der Waals surface area (Å²) in [6.07, 6.45) is 0. The number of benzene rings is 3. The maximum absolute atomic E-state index is 13.2. The van der Waals surface area contributed by atoms with Gasteiger partial charge in [-0.25, -0.2) is 4.39 Å². The minimum Gasteiger partial charge on any atom is -0.457 e. The first kappa shape index (κ1) is 21.4. The van der Waals surface area contributed by atoms with E-state index in [9.17, 15) is 9.18 Å². The van der Waals surface area contributed by atoms with E-state index in [1.54, 1.807) is 26.1 Å². The van der Waals surface area contributed by atoms with E-state index in [0.29, 0.717) is 35.1 Å². The van der Waals surface area contributed by atoms with E-state index >= 15 is 0 Å². The Labute approximate surface area is 195 Å². The van der Waals surface area contributed by atoms with Crippen LogP contribution in [0.3, 0.4) is 0 Å². The van der Waals surface area contributed by atoms with Crippen LogP contribution in [0.5, 0.6) is 11.5 Å². The summed E-state index contributed by atoms with van der Waals surface area (Å²) in [6, 6.07) is 22.9. The van der Waals surface area contributed by atoms with E-state index in [1.165, 1.54) is 21.5 Å². The van der Waals surface area contributed by atoms with Crippen molar-refractivity contribution in [2.45, 2.75) is 13.5 Å². The summed E-state index contributed by atoms with van der Waals surface area (Å²) < 4.78 is 26.5. The van der Waals surface area contributed by atoms with Crippen LogP contribution in [0.15, 0.2) is 83.3 Å². The van der Waals surface area contributed by atoms with Gasteiger partial charge in [0.05, 0.1) is 11.3 Å². The summed E-state index contributed by atoms with van der Waals surface area (Å²) in [5.41, 5.74) is 2.04. The van der Waals surface area contributed by atoms with Crippen molar-refractivity contribution < 1.29 is 18.3 Å². The van der Waals surface area contributed by atoms with Crippen molar-refractivity contribution >= 4 is 11.8 Å². The molecule has 0 radical (unpaired) electrons. The number of halogens is 1. The van der Waals surface area contributed by atoms with Crippen molar-refractivity contribution in [1.82, 2.24) is 19.5 Å². The molecule has 0 atom stereocenters. The van der Waals surface area contributed by atoms with Gasteiger partial charge in [0.25, 0.3) is 5.91 Å². The lowest BCUT2D eigenvalue weighted by Crippen LogP contribution is -2.26. The van der Waals surface area contributed by atoms with Crippen molar-refractivity contribution in [3.05, 3.63) is 102 Å². The van der Waals surface area contributed by atoms with Crippen LogP contribution in [0, 0.1) is 12.7 Å². The molecule has 0 bridgehead atoms. The Balaban J connectivity index is 1.41. The van der Waals surface area contributed by atoms with Crippen molar-refractivity contribution in [2.24, 2.45) is 0 Å². The number of para-hydroxylation sites is 2. The lowest BCUT2D eigenvalue weighted by Gasteiger charge is -2.16. The number of aromatic nitrogens is 3. The largest absolute Gasteiger partial charge is 0.457 e. The number of aryl methyl sites for hydroxylation is 1. The van der Waals surface area contributed by atoms with Crippen molar-refractivity contribution in [3.63, 3.8) is 0 Å². The molecule has 0 aliphatic rings. The molecule has 0 aliphatic heterocycles. The number of fused-ring (bicyclic) bond motifs is 1. The molecule has 5 aromatic rings. The predicted octanol–water partition coefficient (Wildman–Crippen LogP) is 5.50. The third kappa shape index (κ3) is 4.13. The third-order valence-electron chi connectivity index (χ3n) is 5.39. The summed E-state index contributed by atoms with van der Waals surface area (Å²) in [5.74, 6) is 1.45. The quantitative estimate of drug-likeness (QED) is 0.337. The van der Waals surface area contributed by atoms with Gasteiger partial charge >= 0.3 is 5.84 Å². The van der Waals surface area contributed by atoms with Crippen molar-refractivity contribution in [3.8, 4) is 22.9 Å². The van der Waals surface area contributed by atoms with E-state index in [2.05, 4.69) is 10.1 Å². The van der Waals surface area contributed by atoms with E-state index in [4.69, 9.17) is 9.15 Å². The van der Waals surface area contributed by atoms with Crippen LogP contribution >= 0.6 is 0 Å². The molecule has 0 fully saturated rings. The van der Waals surface area contributed by atoms with Gasteiger partial charge in [0.15, 0.2) is 5.82 Å². The van der Waals surface area contributed by atoms with Gasteiger partial charge in [-0.3, -0.25) is 4.79 Å². The first-order valence-corrected chi connectivity index (χ1v) is 10.7. The molecule has 170 valence electrons. The van der Waals surface area contributed by atoms with Gasteiger partial charge in [-0.1, -0.05) is 42.5 Å². The van der Waals surface area contributed by atoms with E-state index < -0.39 is 0 Å². The van der Waals surface area contributed by atoms with Crippen LogP contribution in [0.2, 0.25) is 0 Å². The number of carbonyl (C=O) groups is 1. The maximum atomic E-state index is 13.2. The fourth-order valence-corrected chi connectivity index (χ4v) is 3.62. The highest BCUT2D eigenvalue weighted by Crippen LogP contribution is 2.32. The Hall–Kier alpha value is -4.46. The molecule has 0 saturated heterocycles. The van der Waals surface area contributed by atoms with Crippen molar-refractivity contribution in [1.29, 1.82) is 0 Å². The van der Waals surface area contributed by atoms with Crippen LogP contribution in [0.4, 0.5) is 4.39 Å². The van der Waals surface area contributed by atoms with Gasteiger partial charge in [-0.2, -0.15) is 9.50 Å². The standard InChI is InChI=1S/C26H21FN4O3/c1-17-23(25(32)30(2)16-18-12-14-19(27)15-13-18)34-26-28-24(29-31(17)26)21-10-6-7-11-22(21)33-20-8-4-3-5-9-20/h3-15H,16H2,1-2H3. The number of nitrogens with zero attached hydrogens (tertiary/aromatic N) is 4. The lowest BCUT2D eigenvalue weighted by molar-refractivity contribution is 0.0754. The molecule has 0 aliphatic carbocycles. The van der Waals surface area contributed by atoms with Crippen molar-refractivity contribution in [2.75, 3.05) is 7.05 Å². The highest BCUT2D eigenvalue weighted by atomic mass is 19.1. The molecule has 7 nitrogen and oxygen atoms in total. The highest BCUT2D eigenvalue weighted by Gasteiger charge is 2.24. The fraction of sp³-hybridized carbons (Fsp3) is 0.115. The Bertz CT molecular complexity index is 1460. The molecular weight excluding hydrogens is 435 g/mol. The molecule has 5 rings (SSSR count). The summed E-state index contributed by atoms with van der Waals surface area (Å²) in [5, 5.41) is 4.56. The molecule has 3 aromatic carbocycles. The van der Waals surface area contributed by atoms with Crippen LogP contribution in [0.25, 0.3) is 17.2 Å². The van der Waals surface area contributed by atoms with Gasteiger partial charge in [-0.05, 0) is 48.9 Å². The first-order chi connectivity index (χ1) is 16.5. The summed E-state index contributed by atoms with van der Waals surface area (Å²) in [7, 11) is 1.66. The average molecular weight is 456 g/mol. The number of oxazole rings is 1. The number of hydrogen-bond acceptors (Lipinski definition) is 5. The second-order valence-electron chi connectivity index (χ2n) is 7.85. The zero-order valence-corrected chi connectivity index (χ0v) is 18.6. The Kier molecular flexibility index (Phi) is 5.55. The molecule has 34 heavy (non-hydrogen) atoms. The normalized spacial score (nSPS) is 11.0. The average Bonchev–Trinajstić information content (AvgIpc) is 3.40. The minimum atomic E-state index is -0.321. The van der Waals surface area contributed by atoms with E-state index in [-0.39, 0.29) is 23.3 Å². The number of hydrogen-bond donors (Lipinski definition) is 0. The van der Waals surface area contributed by atoms with Crippen LogP contribution < -0.4 is 4.74 Å². The van der Waals surface area contributed by atoms with Gasteiger partial charge in [-0.15, -0.1) is 5.10 Å². The molecule has 0 N–H and O–H groups in total. The Morgan fingerprint density at radius 2 is 1.74 bits per heavy atom. The number of ether oxygens (including phenoxy) is 1. The van der Waals surface area contributed by atoms with E-state index in [0.717, 1.165) is 5.56 Å². The summed E-state index contributed by atoms with van der Waals surface area (Å²) >= 11 is 0.